The highest BCUT2D eigenvalue weighted by atomic mass is 16.7. The molecule has 6 heteroatoms. The zero-order valence-electron chi connectivity index (χ0n) is 13.7. The Balaban J connectivity index is 1.89. The molecule has 0 aliphatic carbocycles. The summed E-state index contributed by atoms with van der Waals surface area (Å²) in [4.78, 5) is 4.44. The average molecular weight is 300 g/mol. The fraction of sp³-hybridized carbons (Fsp3) is 0.438. The van der Waals surface area contributed by atoms with Crippen molar-refractivity contribution < 1.29 is 14.0 Å². The van der Waals surface area contributed by atoms with Crippen LogP contribution in [0.15, 0.2) is 36.8 Å². The minimum Gasteiger partial charge on any atom is -0.495 e. The predicted molar refractivity (Wildman–Crippen MR) is 85.8 cm³/mol. The van der Waals surface area contributed by atoms with Crippen LogP contribution in [0.25, 0.3) is 5.69 Å². The van der Waals surface area contributed by atoms with Crippen molar-refractivity contribution in [3.63, 3.8) is 0 Å². The van der Waals surface area contributed by atoms with Crippen LogP contribution in [0, 0.1) is 0 Å². The van der Waals surface area contributed by atoms with E-state index in [1.165, 1.54) is 0 Å². The molecule has 22 heavy (non-hydrogen) atoms. The van der Waals surface area contributed by atoms with E-state index >= 15 is 0 Å². The predicted octanol–water partition coefficient (Wildman–Crippen LogP) is 2.18. The first-order valence-electron chi connectivity index (χ1n) is 7.37. The number of benzene rings is 1. The molecule has 0 atom stereocenters. The molecule has 1 fully saturated rings. The minimum atomic E-state index is -0.457. The third-order valence-corrected chi connectivity index (χ3v) is 4.46. The molecule has 1 aromatic carbocycles. The number of hydrogen-bond acceptors (Lipinski definition) is 4. The van der Waals surface area contributed by atoms with Crippen LogP contribution in [-0.4, -0.2) is 35.0 Å². The van der Waals surface area contributed by atoms with Gasteiger partial charge in [-0.05, 0) is 39.8 Å². The second kappa shape index (κ2) is 5.14. The maximum Gasteiger partial charge on any atom is 0.516 e. The zero-order valence-corrected chi connectivity index (χ0v) is 13.7. The monoisotopic (exact) mass is 300 g/mol. The number of ether oxygens (including phenoxy) is 1. The number of imidazole rings is 1. The number of rotatable bonds is 3. The SMILES string of the molecule is COc1ccccc1-n1cnc(B2OC(C)(C)C(C)(C)O2)c1. The van der Waals surface area contributed by atoms with Crippen molar-refractivity contribution in [1.82, 2.24) is 9.55 Å². The second-order valence-corrected chi connectivity index (χ2v) is 6.47. The fourth-order valence-electron chi connectivity index (χ4n) is 2.40. The summed E-state index contributed by atoms with van der Waals surface area (Å²) in [6.07, 6.45) is 3.66. The first-order valence-corrected chi connectivity index (χ1v) is 7.37. The van der Waals surface area contributed by atoms with Gasteiger partial charge in [-0.3, -0.25) is 0 Å². The van der Waals surface area contributed by atoms with Crippen LogP contribution >= 0.6 is 0 Å². The van der Waals surface area contributed by atoms with Crippen LogP contribution < -0.4 is 10.3 Å². The highest BCUT2D eigenvalue weighted by Crippen LogP contribution is 2.36. The molecule has 1 aliphatic heterocycles. The highest BCUT2D eigenvalue weighted by Gasteiger charge is 2.52. The molecule has 2 aromatic rings. The van der Waals surface area contributed by atoms with Crippen LogP contribution in [0.1, 0.15) is 27.7 Å². The fourth-order valence-corrected chi connectivity index (χ4v) is 2.40. The van der Waals surface area contributed by atoms with Gasteiger partial charge in [0, 0.05) is 6.20 Å². The largest absolute Gasteiger partial charge is 0.516 e. The Kier molecular flexibility index (Phi) is 3.53. The van der Waals surface area contributed by atoms with Gasteiger partial charge in [0.2, 0.25) is 0 Å². The molecule has 0 saturated carbocycles. The molecule has 0 spiro atoms. The molecule has 1 saturated heterocycles. The molecule has 0 unspecified atom stereocenters. The average Bonchev–Trinajstić information content (AvgIpc) is 3.02. The smallest absolute Gasteiger partial charge is 0.495 e. The van der Waals surface area contributed by atoms with Gasteiger partial charge in [-0.2, -0.15) is 0 Å². The lowest BCUT2D eigenvalue weighted by molar-refractivity contribution is 0.00578. The van der Waals surface area contributed by atoms with Crippen LogP contribution in [0.2, 0.25) is 0 Å². The van der Waals surface area contributed by atoms with Crippen molar-refractivity contribution in [1.29, 1.82) is 0 Å². The summed E-state index contributed by atoms with van der Waals surface area (Å²) in [5.41, 5.74) is 0.947. The van der Waals surface area contributed by atoms with Crippen LogP contribution in [0.3, 0.4) is 0 Å². The Morgan fingerprint density at radius 1 is 1.09 bits per heavy atom. The summed E-state index contributed by atoms with van der Waals surface area (Å²) < 4.78 is 19.4. The van der Waals surface area contributed by atoms with Gasteiger partial charge in [-0.1, -0.05) is 12.1 Å². The molecule has 5 nitrogen and oxygen atoms in total. The summed E-state index contributed by atoms with van der Waals surface area (Å²) >= 11 is 0. The molecular formula is C16H21BN2O3. The summed E-state index contributed by atoms with van der Waals surface area (Å²) in [5.74, 6) is 0.792. The lowest BCUT2D eigenvalue weighted by atomic mass is 9.86. The number of nitrogens with zero attached hydrogens (tertiary/aromatic N) is 2. The van der Waals surface area contributed by atoms with Gasteiger partial charge in [0.25, 0.3) is 0 Å². The molecule has 3 rings (SSSR count). The van der Waals surface area contributed by atoms with Gasteiger partial charge in [0.05, 0.1) is 35.9 Å². The van der Waals surface area contributed by atoms with E-state index in [-0.39, 0.29) is 11.2 Å². The maximum absolute atomic E-state index is 6.03. The summed E-state index contributed by atoms with van der Waals surface area (Å²) in [6, 6.07) is 7.80. The molecule has 1 aromatic heterocycles. The van der Waals surface area contributed by atoms with Crippen molar-refractivity contribution in [3.05, 3.63) is 36.8 Å². The number of para-hydroxylation sites is 2. The lowest BCUT2D eigenvalue weighted by Crippen LogP contribution is -2.41. The summed E-state index contributed by atoms with van der Waals surface area (Å²) in [5, 5.41) is 0. The normalized spacial score (nSPS) is 19.4. The standard InChI is InChI=1S/C16H21BN2O3/c1-15(2)16(3,4)22-17(21-15)14-10-19(11-18-14)12-8-6-7-9-13(12)20-5/h6-11H,1-5H3. The Labute approximate surface area is 131 Å². The first kappa shape index (κ1) is 15.1. The van der Waals surface area contributed by atoms with Gasteiger partial charge < -0.3 is 18.6 Å². The van der Waals surface area contributed by atoms with E-state index in [1.54, 1.807) is 13.4 Å². The first-order chi connectivity index (χ1) is 10.3. The van der Waals surface area contributed by atoms with E-state index in [0.29, 0.717) is 0 Å². The molecular weight excluding hydrogens is 279 g/mol. The van der Waals surface area contributed by atoms with Crippen molar-refractivity contribution in [3.8, 4) is 11.4 Å². The second-order valence-electron chi connectivity index (χ2n) is 6.47. The van der Waals surface area contributed by atoms with Gasteiger partial charge in [-0.25, -0.2) is 4.98 Å². The number of aromatic nitrogens is 2. The van der Waals surface area contributed by atoms with E-state index < -0.39 is 7.12 Å². The Hall–Kier alpha value is -1.79. The van der Waals surface area contributed by atoms with Crippen molar-refractivity contribution in [2.24, 2.45) is 0 Å². The Morgan fingerprint density at radius 3 is 2.36 bits per heavy atom. The van der Waals surface area contributed by atoms with Gasteiger partial charge >= 0.3 is 7.12 Å². The number of hydrogen-bond donors (Lipinski definition) is 0. The lowest BCUT2D eigenvalue weighted by Gasteiger charge is -2.32. The van der Waals surface area contributed by atoms with Crippen molar-refractivity contribution in [2.45, 2.75) is 38.9 Å². The van der Waals surface area contributed by atoms with E-state index in [4.69, 9.17) is 14.0 Å². The van der Waals surface area contributed by atoms with Gasteiger partial charge in [0.15, 0.2) is 0 Å². The topological polar surface area (TPSA) is 45.5 Å². The van der Waals surface area contributed by atoms with Crippen molar-refractivity contribution in [2.75, 3.05) is 7.11 Å². The summed E-state index contributed by atoms with van der Waals surface area (Å²) in [7, 11) is 1.20. The molecule has 2 heterocycles. The Bertz CT molecular complexity index is 666. The van der Waals surface area contributed by atoms with Crippen LogP contribution in [-0.2, 0) is 9.31 Å². The molecule has 0 radical (unpaired) electrons. The molecule has 116 valence electrons. The highest BCUT2D eigenvalue weighted by molar-refractivity contribution is 6.61. The van der Waals surface area contributed by atoms with E-state index in [0.717, 1.165) is 17.0 Å². The zero-order chi connectivity index (χ0) is 16.0. The van der Waals surface area contributed by atoms with E-state index in [2.05, 4.69) is 4.98 Å². The molecule has 0 N–H and O–H groups in total. The maximum atomic E-state index is 6.03. The third kappa shape index (κ3) is 2.42. The quantitative estimate of drug-likeness (QED) is 0.815. The Morgan fingerprint density at radius 2 is 1.73 bits per heavy atom. The minimum absolute atomic E-state index is 0.369. The van der Waals surface area contributed by atoms with E-state index in [9.17, 15) is 0 Å². The van der Waals surface area contributed by atoms with Crippen LogP contribution in [0.4, 0.5) is 0 Å². The van der Waals surface area contributed by atoms with Crippen molar-refractivity contribution >= 4 is 12.7 Å². The molecule has 1 aliphatic rings. The van der Waals surface area contributed by atoms with Crippen LogP contribution in [0.5, 0.6) is 5.75 Å². The molecule has 0 amide bonds. The van der Waals surface area contributed by atoms with E-state index in [1.807, 2.05) is 62.7 Å². The summed E-state index contributed by atoms with van der Waals surface area (Å²) in [6.45, 7) is 8.13. The van der Waals surface area contributed by atoms with Gasteiger partial charge in [0.1, 0.15) is 5.75 Å². The number of methoxy groups -OCH3 is 1. The van der Waals surface area contributed by atoms with Gasteiger partial charge in [-0.15, -0.1) is 0 Å². The third-order valence-electron chi connectivity index (χ3n) is 4.46. The molecule has 0 bridgehead atoms.